The Hall–Kier alpha value is -2.56. The average Bonchev–Trinajstić information content (AvgIpc) is 3.08. The lowest BCUT2D eigenvalue weighted by Gasteiger charge is -2.45. The highest BCUT2D eigenvalue weighted by molar-refractivity contribution is 6.23. The van der Waals surface area contributed by atoms with Crippen molar-refractivity contribution in [1.29, 1.82) is 0 Å². The number of hydrogen-bond acceptors (Lipinski definition) is 5. The molecule has 0 radical (unpaired) electrons. The highest BCUT2D eigenvalue weighted by Gasteiger charge is 2.49. The Labute approximate surface area is 154 Å². The van der Waals surface area contributed by atoms with Crippen LogP contribution in [0.25, 0.3) is 5.70 Å². The first kappa shape index (κ1) is 18.2. The molecule has 138 valence electrons. The number of carbonyl (C=O) groups is 2. The van der Waals surface area contributed by atoms with Crippen molar-refractivity contribution in [2.24, 2.45) is 0 Å². The molecule has 5 heteroatoms. The number of methoxy groups -OCH3 is 2. The maximum Gasteiger partial charge on any atom is 0.343 e. The van der Waals surface area contributed by atoms with Crippen LogP contribution in [0.2, 0.25) is 0 Å². The number of ether oxygens (including phenoxy) is 2. The Morgan fingerprint density at radius 3 is 2.65 bits per heavy atom. The summed E-state index contributed by atoms with van der Waals surface area (Å²) in [6, 6.07) is 7.48. The summed E-state index contributed by atoms with van der Waals surface area (Å²) < 4.78 is 10.2. The molecule has 3 rings (SSSR count). The lowest BCUT2D eigenvalue weighted by molar-refractivity contribution is -0.138. The fraction of sp³-hybridized carbons (Fsp3) is 0.429. The minimum atomic E-state index is -0.565. The third kappa shape index (κ3) is 3.02. The van der Waals surface area contributed by atoms with Crippen molar-refractivity contribution in [1.82, 2.24) is 4.90 Å². The summed E-state index contributed by atoms with van der Waals surface area (Å²) in [4.78, 5) is 27.7. The summed E-state index contributed by atoms with van der Waals surface area (Å²) in [6.07, 6.45) is 5.88. The number of hydrogen-bond donors (Lipinski definition) is 0. The largest absolute Gasteiger partial charge is 0.497 e. The summed E-state index contributed by atoms with van der Waals surface area (Å²) in [7, 11) is 2.93. The van der Waals surface area contributed by atoms with Crippen LogP contribution < -0.4 is 4.74 Å². The van der Waals surface area contributed by atoms with Crippen LogP contribution in [0.1, 0.15) is 37.7 Å². The molecule has 0 aliphatic carbocycles. The second-order valence-electron chi connectivity index (χ2n) is 6.85. The highest BCUT2D eigenvalue weighted by Crippen LogP contribution is 2.47. The third-order valence-corrected chi connectivity index (χ3v) is 5.44. The van der Waals surface area contributed by atoms with Gasteiger partial charge in [-0.2, -0.15) is 0 Å². The van der Waals surface area contributed by atoms with Crippen LogP contribution in [0.5, 0.6) is 5.75 Å². The van der Waals surface area contributed by atoms with Crippen molar-refractivity contribution in [2.45, 2.75) is 37.6 Å². The fourth-order valence-electron chi connectivity index (χ4n) is 4.21. The lowest BCUT2D eigenvalue weighted by atomic mass is 9.79. The van der Waals surface area contributed by atoms with Gasteiger partial charge in [0, 0.05) is 18.5 Å². The molecule has 0 N–H and O–H groups in total. The van der Waals surface area contributed by atoms with Crippen molar-refractivity contribution < 1.29 is 19.1 Å². The second-order valence-corrected chi connectivity index (χ2v) is 6.85. The van der Waals surface area contributed by atoms with Crippen molar-refractivity contribution in [3.63, 3.8) is 0 Å². The van der Waals surface area contributed by atoms with Crippen molar-refractivity contribution in [2.75, 3.05) is 20.8 Å². The summed E-state index contributed by atoms with van der Waals surface area (Å²) in [6.45, 7) is 4.65. The number of Topliss-reactive ketones (excluding diaryl/α,β-unsaturated/α-hetero) is 1. The van der Waals surface area contributed by atoms with Crippen molar-refractivity contribution >= 4 is 17.4 Å². The van der Waals surface area contributed by atoms with Gasteiger partial charge in [-0.15, -0.1) is 6.58 Å². The first-order valence-corrected chi connectivity index (χ1v) is 8.95. The predicted octanol–water partition coefficient (Wildman–Crippen LogP) is 3.35. The van der Waals surface area contributed by atoms with Crippen molar-refractivity contribution in [3.8, 4) is 5.75 Å². The molecule has 0 spiro atoms. The summed E-state index contributed by atoms with van der Waals surface area (Å²) in [5, 5.41) is 0. The first-order valence-electron chi connectivity index (χ1n) is 8.95. The zero-order valence-electron chi connectivity index (χ0n) is 15.4. The zero-order valence-corrected chi connectivity index (χ0v) is 15.4. The quantitative estimate of drug-likeness (QED) is 0.445. The first-order chi connectivity index (χ1) is 12.6. The van der Waals surface area contributed by atoms with E-state index in [2.05, 4.69) is 11.5 Å². The molecule has 2 aliphatic rings. The number of esters is 1. The molecule has 1 atom stereocenters. The Morgan fingerprint density at radius 2 is 2.04 bits per heavy atom. The van der Waals surface area contributed by atoms with Crippen LogP contribution >= 0.6 is 0 Å². The van der Waals surface area contributed by atoms with Crippen LogP contribution in [0.4, 0.5) is 0 Å². The Balaban J connectivity index is 2.15. The normalized spacial score (nSPS) is 22.2. The minimum absolute atomic E-state index is 0.134. The molecular formula is C21H25NO4. The van der Waals surface area contributed by atoms with Crippen LogP contribution in [-0.4, -0.2) is 43.0 Å². The van der Waals surface area contributed by atoms with Gasteiger partial charge in [-0.25, -0.2) is 4.79 Å². The van der Waals surface area contributed by atoms with E-state index in [9.17, 15) is 9.59 Å². The molecule has 2 aliphatic heterocycles. The van der Waals surface area contributed by atoms with E-state index in [1.807, 2.05) is 30.3 Å². The fourth-order valence-corrected chi connectivity index (χ4v) is 4.21. The molecule has 1 aromatic rings. The minimum Gasteiger partial charge on any atom is -0.497 e. The molecule has 0 amide bonds. The van der Waals surface area contributed by atoms with E-state index in [-0.39, 0.29) is 16.9 Å². The molecule has 1 saturated heterocycles. The second kappa shape index (κ2) is 7.36. The zero-order chi connectivity index (χ0) is 18.7. The standard InChI is InChI=1S/C21H25NO4/c1-4-5-11-21-12-6-13-22(21)19(15-7-9-16(25-2)10-8-15)18(17(23)14-21)20(24)26-3/h4,7-10H,1,5-6,11-14H2,2-3H3/t21-/m1/s1. The van der Waals surface area contributed by atoms with Crippen LogP contribution in [0.3, 0.4) is 0 Å². The van der Waals surface area contributed by atoms with Gasteiger partial charge in [-0.05, 0) is 55.5 Å². The molecule has 5 nitrogen and oxygen atoms in total. The monoisotopic (exact) mass is 355 g/mol. The number of carbonyl (C=O) groups excluding carboxylic acids is 2. The molecule has 0 aromatic heterocycles. The lowest BCUT2D eigenvalue weighted by Crippen LogP contribution is -2.49. The molecule has 1 fully saturated rings. The summed E-state index contributed by atoms with van der Waals surface area (Å²) in [5.41, 5.74) is 1.45. The van der Waals surface area contributed by atoms with Gasteiger partial charge in [0.15, 0.2) is 5.78 Å². The summed E-state index contributed by atoms with van der Waals surface area (Å²) in [5.74, 6) is 0.0327. The van der Waals surface area contributed by atoms with Gasteiger partial charge < -0.3 is 14.4 Å². The predicted molar refractivity (Wildman–Crippen MR) is 99.7 cm³/mol. The number of nitrogens with zero attached hydrogens (tertiary/aromatic N) is 1. The third-order valence-electron chi connectivity index (χ3n) is 5.44. The molecule has 0 bridgehead atoms. The van der Waals surface area contributed by atoms with Crippen LogP contribution in [0.15, 0.2) is 42.5 Å². The van der Waals surface area contributed by atoms with E-state index >= 15 is 0 Å². The van der Waals surface area contributed by atoms with E-state index < -0.39 is 5.97 Å². The smallest absolute Gasteiger partial charge is 0.343 e. The topological polar surface area (TPSA) is 55.8 Å². The van der Waals surface area contributed by atoms with Gasteiger partial charge in [0.1, 0.15) is 11.3 Å². The van der Waals surface area contributed by atoms with E-state index in [1.54, 1.807) is 7.11 Å². The van der Waals surface area contributed by atoms with Gasteiger partial charge in [0.05, 0.1) is 19.9 Å². The number of allylic oxidation sites excluding steroid dienone is 1. The van der Waals surface area contributed by atoms with Gasteiger partial charge >= 0.3 is 5.97 Å². The van der Waals surface area contributed by atoms with E-state index in [4.69, 9.17) is 9.47 Å². The van der Waals surface area contributed by atoms with Crippen LogP contribution in [0, 0.1) is 0 Å². The van der Waals surface area contributed by atoms with E-state index in [0.717, 1.165) is 43.5 Å². The highest BCUT2D eigenvalue weighted by atomic mass is 16.5. The Bertz CT molecular complexity index is 750. The number of fused-ring (bicyclic) bond motifs is 1. The average molecular weight is 355 g/mol. The van der Waals surface area contributed by atoms with Gasteiger partial charge in [0.2, 0.25) is 0 Å². The molecule has 0 saturated carbocycles. The molecule has 2 heterocycles. The summed E-state index contributed by atoms with van der Waals surface area (Å²) >= 11 is 0. The SMILES string of the molecule is C=CCC[C@]12CCCN1C(c1ccc(OC)cc1)=C(C(=O)OC)C(=O)C2. The molecule has 1 aromatic carbocycles. The van der Waals surface area contributed by atoms with Crippen molar-refractivity contribution in [3.05, 3.63) is 48.1 Å². The Morgan fingerprint density at radius 1 is 1.31 bits per heavy atom. The van der Waals surface area contributed by atoms with E-state index in [1.165, 1.54) is 7.11 Å². The van der Waals surface area contributed by atoms with Gasteiger partial charge in [-0.3, -0.25) is 4.79 Å². The molecular weight excluding hydrogens is 330 g/mol. The maximum absolute atomic E-state index is 13.0. The number of benzene rings is 1. The Kier molecular flexibility index (Phi) is 5.16. The molecule has 26 heavy (non-hydrogen) atoms. The number of ketones is 1. The van der Waals surface area contributed by atoms with Crippen LogP contribution in [-0.2, 0) is 14.3 Å². The maximum atomic E-state index is 13.0. The number of rotatable bonds is 6. The van der Waals surface area contributed by atoms with E-state index in [0.29, 0.717) is 12.1 Å². The molecule has 0 unspecified atom stereocenters. The van der Waals surface area contributed by atoms with Gasteiger partial charge in [0.25, 0.3) is 0 Å². The van der Waals surface area contributed by atoms with Gasteiger partial charge in [-0.1, -0.05) is 6.08 Å².